The summed E-state index contributed by atoms with van der Waals surface area (Å²) in [7, 11) is 2.51. The van der Waals surface area contributed by atoms with E-state index in [-0.39, 0.29) is 23.2 Å². The van der Waals surface area contributed by atoms with Crippen molar-refractivity contribution in [3.63, 3.8) is 0 Å². The second kappa shape index (κ2) is 15.7. The van der Waals surface area contributed by atoms with Crippen LogP contribution in [0.3, 0.4) is 0 Å². The average molecular weight is 397 g/mol. The zero-order valence-electron chi connectivity index (χ0n) is 17.8. The molecule has 1 unspecified atom stereocenters. The molecular weight excluding hydrogens is 360 g/mol. The lowest BCUT2D eigenvalue weighted by molar-refractivity contribution is -0.137. The Morgan fingerprint density at radius 1 is 0.964 bits per heavy atom. The minimum absolute atomic E-state index is 0.140. The van der Waals surface area contributed by atoms with Gasteiger partial charge in [-0.2, -0.15) is 0 Å². The van der Waals surface area contributed by atoms with Gasteiger partial charge in [-0.25, -0.2) is 4.79 Å². The van der Waals surface area contributed by atoms with Gasteiger partial charge >= 0.3 is 5.97 Å². The fourth-order valence-electron chi connectivity index (χ4n) is 2.60. The largest absolute Gasteiger partial charge is 0.502 e. The predicted octanol–water partition coefficient (Wildman–Crippen LogP) is 3.56. The summed E-state index contributed by atoms with van der Waals surface area (Å²) in [6, 6.07) is 0. The number of hydrogen-bond acceptors (Lipinski definition) is 5. The van der Waals surface area contributed by atoms with Crippen LogP contribution in [0.15, 0.2) is 24.2 Å². The Morgan fingerprint density at radius 2 is 1.54 bits per heavy atom. The monoisotopic (exact) mass is 396 g/mol. The zero-order valence-corrected chi connectivity index (χ0v) is 17.8. The van der Waals surface area contributed by atoms with Crippen LogP contribution >= 0.6 is 0 Å². The van der Waals surface area contributed by atoms with E-state index in [1.807, 2.05) is 6.92 Å². The molecule has 0 aromatic rings. The maximum Gasteiger partial charge on any atom is 0.357 e. The van der Waals surface area contributed by atoms with Gasteiger partial charge < -0.3 is 20.1 Å². The second-order valence-electron chi connectivity index (χ2n) is 6.85. The van der Waals surface area contributed by atoms with Crippen LogP contribution in [0, 0.1) is 5.92 Å². The number of nitrogens with one attached hydrogen (secondary N) is 2. The van der Waals surface area contributed by atoms with Gasteiger partial charge in [0.05, 0.1) is 19.9 Å². The van der Waals surface area contributed by atoms with Gasteiger partial charge in [0.25, 0.3) is 5.91 Å². The molecule has 0 radical (unpaired) electrons. The lowest BCUT2D eigenvalue weighted by Crippen LogP contribution is -2.37. The van der Waals surface area contributed by atoms with Crippen molar-refractivity contribution in [1.82, 2.24) is 10.6 Å². The molecule has 0 bridgehead atoms. The first-order valence-corrected chi connectivity index (χ1v) is 9.99. The standard InChI is InChI=1S/C21H36N2O5/c1-6-7-8-9-10-11-12-13-14-16(2)19(24)22-17(3)20(25)23-18(15-27-4)21(26)28-5/h15-16H,3,6-14H2,1-2,4-5H3,(H,22,24)(H,23,25)/b18-15-. The number of carbonyl (C=O) groups excluding carboxylic acids is 3. The zero-order chi connectivity index (χ0) is 21.4. The Labute approximate surface area is 168 Å². The van der Waals surface area contributed by atoms with Crippen LogP contribution in [-0.2, 0) is 23.9 Å². The van der Waals surface area contributed by atoms with Crippen molar-refractivity contribution in [1.29, 1.82) is 0 Å². The van der Waals surface area contributed by atoms with E-state index in [0.29, 0.717) is 0 Å². The van der Waals surface area contributed by atoms with E-state index in [4.69, 9.17) is 4.74 Å². The second-order valence-corrected chi connectivity index (χ2v) is 6.85. The van der Waals surface area contributed by atoms with Crippen LogP contribution in [0.4, 0.5) is 0 Å². The quantitative estimate of drug-likeness (QED) is 0.191. The van der Waals surface area contributed by atoms with Crippen molar-refractivity contribution in [2.75, 3.05) is 14.2 Å². The highest BCUT2D eigenvalue weighted by atomic mass is 16.5. The molecular formula is C21H36N2O5. The van der Waals surface area contributed by atoms with Crippen LogP contribution in [0.5, 0.6) is 0 Å². The van der Waals surface area contributed by atoms with Crippen LogP contribution < -0.4 is 10.6 Å². The predicted molar refractivity (Wildman–Crippen MR) is 109 cm³/mol. The average Bonchev–Trinajstić information content (AvgIpc) is 2.68. The van der Waals surface area contributed by atoms with Gasteiger partial charge in [0.1, 0.15) is 6.26 Å². The van der Waals surface area contributed by atoms with E-state index in [1.54, 1.807) is 0 Å². The summed E-state index contributed by atoms with van der Waals surface area (Å²) in [5.41, 5.74) is -0.323. The fourth-order valence-corrected chi connectivity index (χ4v) is 2.60. The van der Waals surface area contributed by atoms with Crippen molar-refractivity contribution in [3.05, 3.63) is 24.2 Å². The molecule has 2 amide bonds. The molecule has 7 heteroatoms. The SMILES string of the molecule is C=C(NC(=O)C(C)CCCCCCCCCC)C(=O)N/C(=C\OC)C(=O)OC. The molecule has 0 spiro atoms. The molecule has 0 saturated heterocycles. The summed E-state index contributed by atoms with van der Waals surface area (Å²) in [4.78, 5) is 35.8. The van der Waals surface area contributed by atoms with Gasteiger partial charge in [0.2, 0.25) is 5.91 Å². The van der Waals surface area contributed by atoms with E-state index in [0.717, 1.165) is 25.5 Å². The molecule has 0 aliphatic heterocycles. The summed E-state index contributed by atoms with van der Waals surface area (Å²) in [5, 5.41) is 4.80. The number of rotatable bonds is 15. The molecule has 28 heavy (non-hydrogen) atoms. The Hall–Kier alpha value is -2.31. The first-order chi connectivity index (χ1) is 13.4. The number of esters is 1. The third-order valence-electron chi connectivity index (χ3n) is 4.38. The molecule has 160 valence electrons. The van der Waals surface area contributed by atoms with Crippen LogP contribution in [0.2, 0.25) is 0 Å². The molecule has 0 aromatic heterocycles. The Morgan fingerprint density at radius 3 is 2.07 bits per heavy atom. The fraction of sp³-hybridized carbons (Fsp3) is 0.667. The van der Waals surface area contributed by atoms with E-state index in [2.05, 4.69) is 28.9 Å². The van der Waals surface area contributed by atoms with Crippen LogP contribution in [-0.4, -0.2) is 32.0 Å². The van der Waals surface area contributed by atoms with E-state index in [1.165, 1.54) is 52.7 Å². The molecule has 1 atom stereocenters. The number of unbranched alkanes of at least 4 members (excludes halogenated alkanes) is 7. The van der Waals surface area contributed by atoms with Crippen molar-refractivity contribution in [2.45, 2.75) is 71.6 Å². The first-order valence-electron chi connectivity index (χ1n) is 9.99. The van der Waals surface area contributed by atoms with Crippen molar-refractivity contribution < 1.29 is 23.9 Å². The van der Waals surface area contributed by atoms with Crippen LogP contribution in [0.25, 0.3) is 0 Å². The van der Waals surface area contributed by atoms with E-state index >= 15 is 0 Å². The number of hydrogen-bond donors (Lipinski definition) is 2. The molecule has 0 fully saturated rings. The summed E-state index contributed by atoms with van der Waals surface area (Å²) in [6.45, 7) is 7.59. The van der Waals surface area contributed by atoms with Gasteiger partial charge in [-0.3, -0.25) is 9.59 Å². The van der Waals surface area contributed by atoms with Crippen molar-refractivity contribution in [3.8, 4) is 0 Å². The smallest absolute Gasteiger partial charge is 0.357 e. The molecule has 2 N–H and O–H groups in total. The number of carbonyl (C=O) groups is 3. The lowest BCUT2D eigenvalue weighted by atomic mass is 10.0. The van der Waals surface area contributed by atoms with Gasteiger partial charge in [0.15, 0.2) is 5.70 Å². The summed E-state index contributed by atoms with van der Waals surface area (Å²) in [6.07, 6.45) is 11.5. The highest BCUT2D eigenvalue weighted by molar-refractivity contribution is 6.02. The maximum atomic E-state index is 12.2. The Bertz CT molecular complexity index is 543. The van der Waals surface area contributed by atoms with Crippen LogP contribution in [0.1, 0.15) is 71.6 Å². The summed E-state index contributed by atoms with van der Waals surface area (Å²) < 4.78 is 9.26. The summed E-state index contributed by atoms with van der Waals surface area (Å²) >= 11 is 0. The first kappa shape index (κ1) is 25.7. The highest BCUT2D eigenvalue weighted by Gasteiger charge is 2.19. The number of methoxy groups -OCH3 is 2. The molecule has 0 aliphatic carbocycles. The molecule has 0 rings (SSSR count). The van der Waals surface area contributed by atoms with E-state index < -0.39 is 11.9 Å². The number of amides is 2. The normalized spacial score (nSPS) is 12.1. The van der Waals surface area contributed by atoms with E-state index in [9.17, 15) is 14.4 Å². The molecule has 7 nitrogen and oxygen atoms in total. The molecule has 0 heterocycles. The number of ether oxygens (including phenoxy) is 2. The minimum Gasteiger partial charge on any atom is -0.502 e. The van der Waals surface area contributed by atoms with Gasteiger partial charge in [-0.05, 0) is 6.42 Å². The summed E-state index contributed by atoms with van der Waals surface area (Å²) in [5.74, 6) is -1.96. The van der Waals surface area contributed by atoms with Gasteiger partial charge in [0, 0.05) is 5.92 Å². The maximum absolute atomic E-state index is 12.2. The lowest BCUT2D eigenvalue weighted by Gasteiger charge is -2.14. The third kappa shape index (κ3) is 11.4. The molecule has 0 aliphatic rings. The van der Waals surface area contributed by atoms with Gasteiger partial charge in [-0.15, -0.1) is 0 Å². The van der Waals surface area contributed by atoms with Crippen molar-refractivity contribution in [2.24, 2.45) is 5.92 Å². The minimum atomic E-state index is -0.766. The topological polar surface area (TPSA) is 93.7 Å². The van der Waals surface area contributed by atoms with Gasteiger partial charge in [-0.1, -0.05) is 71.8 Å². The molecule has 0 aromatic carbocycles. The molecule has 0 saturated carbocycles. The highest BCUT2D eigenvalue weighted by Crippen LogP contribution is 2.13. The van der Waals surface area contributed by atoms with Crippen molar-refractivity contribution >= 4 is 17.8 Å². The third-order valence-corrected chi connectivity index (χ3v) is 4.38. The Kier molecular flexibility index (Phi) is 14.4. The Balaban J connectivity index is 4.20.